The van der Waals surface area contributed by atoms with Crippen LogP contribution in [0.4, 0.5) is 0 Å². The van der Waals surface area contributed by atoms with Gasteiger partial charge < -0.3 is 15.2 Å². The van der Waals surface area contributed by atoms with Gasteiger partial charge in [-0.1, -0.05) is 19.3 Å². The smallest absolute Gasteiger partial charge is 0.0613 e. The van der Waals surface area contributed by atoms with Crippen LogP contribution in [0.3, 0.4) is 0 Å². The maximum absolute atomic E-state index is 9.58. The molecule has 0 aromatic carbocycles. The van der Waals surface area contributed by atoms with Crippen LogP contribution in [0, 0.1) is 5.92 Å². The first kappa shape index (κ1) is 12.3. The molecule has 2 fully saturated rings. The molecule has 0 spiro atoms. The van der Waals surface area contributed by atoms with Gasteiger partial charge in [0.2, 0.25) is 0 Å². The maximum atomic E-state index is 9.58. The quantitative estimate of drug-likeness (QED) is 0.768. The molecule has 0 atom stereocenters. The number of aliphatic hydroxyl groups excluding tert-OH is 1. The van der Waals surface area contributed by atoms with Crippen LogP contribution in [0.1, 0.15) is 44.9 Å². The Hall–Kier alpha value is -0.120. The van der Waals surface area contributed by atoms with Crippen molar-refractivity contribution >= 4 is 0 Å². The van der Waals surface area contributed by atoms with E-state index in [0.717, 1.165) is 38.5 Å². The zero-order valence-corrected chi connectivity index (χ0v) is 10.2. The van der Waals surface area contributed by atoms with Gasteiger partial charge in [0.25, 0.3) is 0 Å². The van der Waals surface area contributed by atoms with E-state index in [4.69, 9.17) is 4.74 Å². The van der Waals surface area contributed by atoms with Gasteiger partial charge in [-0.25, -0.2) is 0 Å². The number of aliphatic hydroxyl groups is 1. The Bertz CT molecular complexity index is 196. The van der Waals surface area contributed by atoms with Gasteiger partial charge in [-0.2, -0.15) is 0 Å². The van der Waals surface area contributed by atoms with Crippen LogP contribution in [-0.2, 0) is 4.74 Å². The zero-order chi connectivity index (χ0) is 11.3. The van der Waals surface area contributed by atoms with Gasteiger partial charge in [0, 0.05) is 18.8 Å². The van der Waals surface area contributed by atoms with E-state index in [1.54, 1.807) is 0 Å². The highest BCUT2D eigenvalue weighted by atomic mass is 16.5. The molecule has 2 rings (SSSR count). The van der Waals surface area contributed by atoms with Crippen molar-refractivity contribution in [3.05, 3.63) is 0 Å². The van der Waals surface area contributed by atoms with Crippen molar-refractivity contribution in [1.29, 1.82) is 0 Å². The van der Waals surface area contributed by atoms with Crippen LogP contribution in [0.15, 0.2) is 0 Å². The van der Waals surface area contributed by atoms with Crippen molar-refractivity contribution in [3.8, 4) is 0 Å². The average Bonchev–Trinajstić information content (AvgIpc) is 2.39. The second-order valence-corrected chi connectivity index (χ2v) is 5.44. The van der Waals surface area contributed by atoms with Crippen LogP contribution in [-0.4, -0.2) is 37.0 Å². The van der Waals surface area contributed by atoms with Crippen molar-refractivity contribution in [2.45, 2.75) is 50.5 Å². The zero-order valence-electron chi connectivity index (χ0n) is 10.2. The highest BCUT2D eigenvalue weighted by Gasteiger charge is 2.31. The van der Waals surface area contributed by atoms with Crippen molar-refractivity contribution in [3.63, 3.8) is 0 Å². The summed E-state index contributed by atoms with van der Waals surface area (Å²) in [6.07, 6.45) is 8.51. The van der Waals surface area contributed by atoms with Crippen molar-refractivity contribution in [2.24, 2.45) is 5.92 Å². The fourth-order valence-corrected chi connectivity index (χ4v) is 2.93. The molecule has 0 amide bonds. The Morgan fingerprint density at radius 1 is 1.12 bits per heavy atom. The lowest BCUT2D eigenvalue weighted by Crippen LogP contribution is -2.51. The Balaban J connectivity index is 1.77. The first-order valence-electron chi connectivity index (χ1n) is 6.78. The molecule has 2 aliphatic rings. The molecule has 0 radical (unpaired) electrons. The van der Waals surface area contributed by atoms with Crippen LogP contribution >= 0.6 is 0 Å². The predicted octanol–water partition coefficient (Wildman–Crippen LogP) is 1.70. The van der Waals surface area contributed by atoms with E-state index >= 15 is 0 Å². The second-order valence-electron chi connectivity index (χ2n) is 5.44. The summed E-state index contributed by atoms with van der Waals surface area (Å²) in [4.78, 5) is 0. The number of ether oxygens (including phenoxy) is 1. The van der Waals surface area contributed by atoms with Crippen molar-refractivity contribution in [1.82, 2.24) is 5.32 Å². The van der Waals surface area contributed by atoms with E-state index < -0.39 is 0 Å². The standard InChI is InChI=1S/C13H25NO2/c15-11-13(6-2-1-3-7-13)14-10-12-4-8-16-9-5-12/h12,14-15H,1-11H2. The van der Waals surface area contributed by atoms with Gasteiger partial charge in [0.1, 0.15) is 0 Å². The largest absolute Gasteiger partial charge is 0.394 e. The number of hydrogen-bond acceptors (Lipinski definition) is 3. The van der Waals surface area contributed by atoms with Crippen LogP contribution < -0.4 is 5.32 Å². The molecule has 3 nitrogen and oxygen atoms in total. The third-order valence-corrected chi connectivity index (χ3v) is 4.22. The summed E-state index contributed by atoms with van der Waals surface area (Å²) >= 11 is 0. The summed E-state index contributed by atoms with van der Waals surface area (Å²) < 4.78 is 5.37. The Morgan fingerprint density at radius 2 is 1.81 bits per heavy atom. The summed E-state index contributed by atoms with van der Waals surface area (Å²) in [6, 6.07) is 0. The van der Waals surface area contributed by atoms with Crippen LogP contribution in [0.2, 0.25) is 0 Å². The SMILES string of the molecule is OCC1(NCC2CCOCC2)CCCCC1. The topological polar surface area (TPSA) is 41.5 Å². The molecule has 1 saturated carbocycles. The summed E-state index contributed by atoms with van der Waals surface area (Å²) in [6.45, 7) is 3.19. The molecular weight excluding hydrogens is 202 g/mol. The summed E-state index contributed by atoms with van der Waals surface area (Å²) in [5.41, 5.74) is 0.0382. The van der Waals surface area contributed by atoms with E-state index in [9.17, 15) is 5.11 Å². The molecule has 16 heavy (non-hydrogen) atoms. The van der Waals surface area contributed by atoms with E-state index in [1.807, 2.05) is 0 Å². The Labute approximate surface area is 98.6 Å². The molecule has 94 valence electrons. The minimum atomic E-state index is 0.0382. The monoisotopic (exact) mass is 227 g/mol. The van der Waals surface area contributed by atoms with Crippen molar-refractivity contribution < 1.29 is 9.84 Å². The molecule has 2 N–H and O–H groups in total. The molecular formula is C13H25NO2. The predicted molar refractivity (Wildman–Crippen MR) is 64.4 cm³/mol. The van der Waals surface area contributed by atoms with Gasteiger partial charge in [0.05, 0.1) is 6.61 Å². The van der Waals surface area contributed by atoms with Gasteiger partial charge in [-0.3, -0.25) is 0 Å². The first-order chi connectivity index (χ1) is 7.85. The molecule has 0 bridgehead atoms. The Morgan fingerprint density at radius 3 is 2.44 bits per heavy atom. The lowest BCUT2D eigenvalue weighted by atomic mass is 9.81. The van der Waals surface area contributed by atoms with E-state index in [2.05, 4.69) is 5.32 Å². The average molecular weight is 227 g/mol. The molecule has 0 aromatic rings. The third kappa shape index (κ3) is 3.19. The summed E-state index contributed by atoms with van der Waals surface area (Å²) in [7, 11) is 0. The van der Waals surface area contributed by atoms with E-state index in [1.165, 1.54) is 32.1 Å². The Kier molecular flexibility index (Phi) is 4.62. The van der Waals surface area contributed by atoms with Gasteiger partial charge in [-0.05, 0) is 38.1 Å². The first-order valence-corrected chi connectivity index (χ1v) is 6.78. The fraction of sp³-hybridized carbons (Fsp3) is 1.00. The molecule has 1 saturated heterocycles. The molecule has 0 unspecified atom stereocenters. The van der Waals surface area contributed by atoms with Crippen LogP contribution in [0.5, 0.6) is 0 Å². The maximum Gasteiger partial charge on any atom is 0.0613 e. The second kappa shape index (κ2) is 5.99. The molecule has 1 aliphatic heterocycles. The molecule has 3 heteroatoms. The number of hydrogen-bond donors (Lipinski definition) is 2. The van der Waals surface area contributed by atoms with Gasteiger partial charge in [0.15, 0.2) is 0 Å². The highest BCUT2D eigenvalue weighted by Crippen LogP contribution is 2.28. The van der Waals surface area contributed by atoms with E-state index in [0.29, 0.717) is 6.61 Å². The normalized spacial score (nSPS) is 26.8. The van der Waals surface area contributed by atoms with Gasteiger partial charge >= 0.3 is 0 Å². The van der Waals surface area contributed by atoms with Gasteiger partial charge in [-0.15, -0.1) is 0 Å². The molecule has 1 heterocycles. The number of rotatable bonds is 4. The highest BCUT2D eigenvalue weighted by molar-refractivity contribution is 4.90. The summed E-state index contributed by atoms with van der Waals surface area (Å²) in [5.74, 6) is 0.749. The lowest BCUT2D eigenvalue weighted by molar-refractivity contribution is 0.0560. The third-order valence-electron chi connectivity index (χ3n) is 4.22. The summed E-state index contributed by atoms with van der Waals surface area (Å²) in [5, 5.41) is 13.2. The van der Waals surface area contributed by atoms with Crippen LogP contribution in [0.25, 0.3) is 0 Å². The minimum Gasteiger partial charge on any atom is -0.394 e. The molecule has 1 aliphatic carbocycles. The van der Waals surface area contributed by atoms with E-state index in [-0.39, 0.29) is 5.54 Å². The lowest BCUT2D eigenvalue weighted by Gasteiger charge is -2.38. The van der Waals surface area contributed by atoms with Crippen molar-refractivity contribution in [2.75, 3.05) is 26.4 Å². The minimum absolute atomic E-state index is 0.0382. The fourth-order valence-electron chi connectivity index (χ4n) is 2.93. The molecule has 0 aromatic heterocycles. The number of nitrogens with one attached hydrogen (secondary N) is 1.